The SMILES string of the molecule is CSc1nccn1C1CCCC1. The Morgan fingerprint density at radius 1 is 1.50 bits per heavy atom. The van der Waals surface area contributed by atoms with Crippen molar-refractivity contribution in [3.63, 3.8) is 0 Å². The van der Waals surface area contributed by atoms with Crippen LogP contribution in [0.3, 0.4) is 0 Å². The highest BCUT2D eigenvalue weighted by molar-refractivity contribution is 7.98. The Balaban J connectivity index is 2.19. The van der Waals surface area contributed by atoms with Gasteiger partial charge >= 0.3 is 0 Å². The minimum atomic E-state index is 0.731. The summed E-state index contributed by atoms with van der Waals surface area (Å²) in [5.41, 5.74) is 0. The molecule has 0 N–H and O–H groups in total. The van der Waals surface area contributed by atoms with E-state index < -0.39 is 0 Å². The zero-order valence-electron chi connectivity index (χ0n) is 7.36. The van der Waals surface area contributed by atoms with Gasteiger partial charge in [-0.25, -0.2) is 4.98 Å². The van der Waals surface area contributed by atoms with Gasteiger partial charge < -0.3 is 4.57 Å². The Morgan fingerprint density at radius 3 is 2.92 bits per heavy atom. The fourth-order valence-corrected chi connectivity index (χ4v) is 2.50. The van der Waals surface area contributed by atoms with E-state index in [-0.39, 0.29) is 0 Å². The Morgan fingerprint density at radius 2 is 2.25 bits per heavy atom. The standard InChI is InChI=1S/C9H14N2S/c1-12-9-10-6-7-11(9)8-4-2-3-5-8/h6-8H,2-5H2,1H3. The van der Waals surface area contributed by atoms with Gasteiger partial charge in [0.2, 0.25) is 0 Å². The molecule has 0 aromatic carbocycles. The van der Waals surface area contributed by atoms with Gasteiger partial charge in [0.05, 0.1) is 0 Å². The lowest BCUT2D eigenvalue weighted by Gasteiger charge is -2.12. The van der Waals surface area contributed by atoms with Crippen molar-refractivity contribution in [1.29, 1.82) is 0 Å². The lowest BCUT2D eigenvalue weighted by Crippen LogP contribution is -2.04. The first kappa shape index (κ1) is 8.17. The average Bonchev–Trinajstić information content (AvgIpc) is 2.74. The van der Waals surface area contributed by atoms with E-state index in [9.17, 15) is 0 Å². The third-order valence-electron chi connectivity index (χ3n) is 2.53. The summed E-state index contributed by atoms with van der Waals surface area (Å²) in [5, 5.41) is 1.17. The van der Waals surface area contributed by atoms with Crippen LogP contribution >= 0.6 is 11.8 Å². The van der Waals surface area contributed by atoms with Gasteiger partial charge in [-0.05, 0) is 19.1 Å². The van der Waals surface area contributed by atoms with E-state index in [1.807, 2.05) is 6.20 Å². The predicted octanol–water partition coefficient (Wildman–Crippen LogP) is 2.72. The molecule has 0 atom stereocenters. The smallest absolute Gasteiger partial charge is 0.167 e. The molecule has 1 aliphatic rings. The van der Waals surface area contributed by atoms with Gasteiger partial charge in [0, 0.05) is 18.4 Å². The summed E-state index contributed by atoms with van der Waals surface area (Å²) in [6.45, 7) is 0. The monoisotopic (exact) mass is 182 g/mol. The third-order valence-corrected chi connectivity index (χ3v) is 3.22. The van der Waals surface area contributed by atoms with E-state index in [1.54, 1.807) is 11.8 Å². The first-order valence-corrected chi connectivity index (χ1v) is 5.71. The molecule has 1 aliphatic carbocycles. The van der Waals surface area contributed by atoms with Gasteiger partial charge in [-0.2, -0.15) is 0 Å². The summed E-state index contributed by atoms with van der Waals surface area (Å²) in [6, 6.07) is 0.731. The van der Waals surface area contributed by atoms with E-state index in [0.29, 0.717) is 0 Å². The van der Waals surface area contributed by atoms with Crippen LogP contribution in [0.4, 0.5) is 0 Å². The van der Waals surface area contributed by atoms with Crippen LogP contribution in [-0.2, 0) is 0 Å². The van der Waals surface area contributed by atoms with E-state index in [4.69, 9.17) is 0 Å². The van der Waals surface area contributed by atoms with Gasteiger partial charge in [-0.1, -0.05) is 24.6 Å². The van der Waals surface area contributed by atoms with Crippen molar-refractivity contribution in [3.05, 3.63) is 12.4 Å². The van der Waals surface area contributed by atoms with Crippen LogP contribution in [0, 0.1) is 0 Å². The Kier molecular flexibility index (Phi) is 2.40. The van der Waals surface area contributed by atoms with Gasteiger partial charge in [0.1, 0.15) is 0 Å². The zero-order valence-corrected chi connectivity index (χ0v) is 8.18. The molecule has 2 rings (SSSR count). The molecule has 0 radical (unpaired) electrons. The highest BCUT2D eigenvalue weighted by Crippen LogP contribution is 2.31. The molecule has 0 aliphatic heterocycles. The number of aromatic nitrogens is 2. The molecule has 1 fully saturated rings. The molecule has 0 unspecified atom stereocenters. The normalized spacial score (nSPS) is 18.8. The molecule has 0 spiro atoms. The van der Waals surface area contributed by atoms with Crippen molar-refractivity contribution in [2.24, 2.45) is 0 Å². The van der Waals surface area contributed by atoms with Gasteiger partial charge in [-0.3, -0.25) is 0 Å². The summed E-state index contributed by atoms with van der Waals surface area (Å²) in [6.07, 6.45) is 11.6. The van der Waals surface area contributed by atoms with Gasteiger partial charge in [-0.15, -0.1) is 0 Å². The fraction of sp³-hybridized carbons (Fsp3) is 0.667. The molecule has 12 heavy (non-hydrogen) atoms. The maximum Gasteiger partial charge on any atom is 0.167 e. The van der Waals surface area contributed by atoms with Crippen LogP contribution < -0.4 is 0 Å². The quantitative estimate of drug-likeness (QED) is 0.654. The van der Waals surface area contributed by atoms with Crippen molar-refractivity contribution in [1.82, 2.24) is 9.55 Å². The van der Waals surface area contributed by atoms with Crippen molar-refractivity contribution >= 4 is 11.8 Å². The van der Waals surface area contributed by atoms with Crippen molar-refractivity contribution in [3.8, 4) is 0 Å². The van der Waals surface area contributed by atoms with Crippen LogP contribution in [0.1, 0.15) is 31.7 Å². The molecule has 1 aromatic heterocycles. The van der Waals surface area contributed by atoms with E-state index in [2.05, 4.69) is 22.0 Å². The molecular formula is C9H14N2S. The molecule has 1 saturated carbocycles. The summed E-state index contributed by atoms with van der Waals surface area (Å²) < 4.78 is 2.33. The zero-order chi connectivity index (χ0) is 8.39. The lowest BCUT2D eigenvalue weighted by molar-refractivity contribution is 0.481. The highest BCUT2D eigenvalue weighted by Gasteiger charge is 2.18. The first-order valence-electron chi connectivity index (χ1n) is 4.48. The molecule has 1 heterocycles. The molecule has 1 aromatic rings. The third kappa shape index (κ3) is 1.38. The topological polar surface area (TPSA) is 17.8 Å². The number of hydrogen-bond donors (Lipinski definition) is 0. The second kappa shape index (κ2) is 3.52. The molecule has 66 valence electrons. The summed E-state index contributed by atoms with van der Waals surface area (Å²) in [7, 11) is 0. The summed E-state index contributed by atoms with van der Waals surface area (Å²) >= 11 is 1.74. The number of hydrogen-bond acceptors (Lipinski definition) is 2. The van der Waals surface area contributed by atoms with E-state index in [0.717, 1.165) is 6.04 Å². The number of thioether (sulfide) groups is 1. The lowest BCUT2D eigenvalue weighted by atomic mass is 10.2. The van der Waals surface area contributed by atoms with E-state index in [1.165, 1.54) is 30.8 Å². The van der Waals surface area contributed by atoms with Crippen LogP contribution in [-0.4, -0.2) is 15.8 Å². The van der Waals surface area contributed by atoms with Gasteiger partial charge in [0.15, 0.2) is 5.16 Å². The summed E-state index contributed by atoms with van der Waals surface area (Å²) in [4.78, 5) is 4.31. The Labute approximate surface area is 77.4 Å². The molecule has 2 nitrogen and oxygen atoms in total. The van der Waals surface area contributed by atoms with Crippen molar-refractivity contribution < 1.29 is 0 Å². The second-order valence-electron chi connectivity index (χ2n) is 3.26. The minimum absolute atomic E-state index is 0.731. The summed E-state index contributed by atoms with van der Waals surface area (Å²) in [5.74, 6) is 0. The van der Waals surface area contributed by atoms with Crippen LogP contribution in [0.15, 0.2) is 17.6 Å². The Hall–Kier alpha value is -0.440. The van der Waals surface area contributed by atoms with Crippen LogP contribution in [0.25, 0.3) is 0 Å². The first-order chi connectivity index (χ1) is 5.92. The molecule has 3 heteroatoms. The second-order valence-corrected chi connectivity index (χ2v) is 4.03. The fourth-order valence-electron chi connectivity index (χ4n) is 1.92. The predicted molar refractivity (Wildman–Crippen MR) is 51.5 cm³/mol. The Bertz CT molecular complexity index is 251. The van der Waals surface area contributed by atoms with Crippen molar-refractivity contribution in [2.75, 3.05) is 6.26 Å². The molecule has 0 amide bonds. The number of rotatable bonds is 2. The molecular weight excluding hydrogens is 168 g/mol. The van der Waals surface area contributed by atoms with Gasteiger partial charge in [0.25, 0.3) is 0 Å². The van der Waals surface area contributed by atoms with Crippen LogP contribution in [0.5, 0.6) is 0 Å². The minimum Gasteiger partial charge on any atom is -0.323 e. The van der Waals surface area contributed by atoms with Crippen LogP contribution in [0.2, 0.25) is 0 Å². The maximum absolute atomic E-state index is 4.31. The maximum atomic E-state index is 4.31. The molecule has 0 saturated heterocycles. The largest absolute Gasteiger partial charge is 0.323 e. The molecule has 0 bridgehead atoms. The number of imidazole rings is 1. The number of nitrogens with zero attached hydrogens (tertiary/aromatic N) is 2. The van der Waals surface area contributed by atoms with Crippen molar-refractivity contribution in [2.45, 2.75) is 36.9 Å². The highest BCUT2D eigenvalue weighted by atomic mass is 32.2. The van der Waals surface area contributed by atoms with E-state index >= 15 is 0 Å². The average molecular weight is 182 g/mol.